The molecule has 1 saturated heterocycles. The minimum Gasteiger partial charge on any atom is -0.476 e. The number of fused-ring (bicyclic) bond motifs is 3. The Kier molecular flexibility index (Phi) is 4.65. The van der Waals surface area contributed by atoms with Crippen molar-refractivity contribution < 1.29 is 22.7 Å². The van der Waals surface area contributed by atoms with Crippen LogP contribution in [0.3, 0.4) is 0 Å². The average molecular weight is 406 g/mol. The molecule has 0 unspecified atom stereocenters. The van der Waals surface area contributed by atoms with E-state index in [-0.39, 0.29) is 11.3 Å². The van der Waals surface area contributed by atoms with Gasteiger partial charge in [0.15, 0.2) is 0 Å². The van der Waals surface area contributed by atoms with Crippen LogP contribution in [0.4, 0.5) is 24.5 Å². The summed E-state index contributed by atoms with van der Waals surface area (Å²) in [5.74, 6) is -0.272. The summed E-state index contributed by atoms with van der Waals surface area (Å²) >= 11 is 0. The Balaban J connectivity index is 1.85. The Labute approximate surface area is 166 Å². The van der Waals surface area contributed by atoms with E-state index in [1.807, 2.05) is 0 Å². The summed E-state index contributed by atoms with van der Waals surface area (Å²) < 4.78 is 47.1. The number of carbonyl (C=O) groups is 1. The van der Waals surface area contributed by atoms with Gasteiger partial charge in [-0.25, -0.2) is 4.98 Å². The van der Waals surface area contributed by atoms with Crippen LogP contribution in [0.25, 0.3) is 0 Å². The number of carbonyl (C=O) groups excluding carboxylic acids is 1. The van der Waals surface area contributed by atoms with Crippen LogP contribution in [-0.2, 0) is 11.7 Å². The number of benzene rings is 1. The first kappa shape index (κ1) is 19.5. The first-order valence-corrected chi connectivity index (χ1v) is 9.39. The molecular weight excluding hydrogens is 385 g/mol. The zero-order valence-electron chi connectivity index (χ0n) is 16.1. The molecule has 1 aromatic heterocycles. The van der Waals surface area contributed by atoms with Crippen LogP contribution in [0.1, 0.15) is 35.3 Å². The maximum absolute atomic E-state index is 13.9. The van der Waals surface area contributed by atoms with Gasteiger partial charge >= 0.3 is 6.18 Å². The lowest BCUT2D eigenvalue weighted by molar-refractivity contribution is -0.137. The van der Waals surface area contributed by atoms with Crippen LogP contribution in [0.2, 0.25) is 0 Å². The molecule has 0 radical (unpaired) electrons. The Bertz CT molecular complexity index is 963. The molecule has 1 fully saturated rings. The van der Waals surface area contributed by atoms with Crippen molar-refractivity contribution in [3.8, 4) is 5.88 Å². The van der Waals surface area contributed by atoms with Crippen molar-refractivity contribution in [3.63, 3.8) is 0 Å². The molecule has 2 N–H and O–H groups in total. The van der Waals surface area contributed by atoms with Gasteiger partial charge in [-0.3, -0.25) is 4.79 Å². The lowest BCUT2D eigenvalue weighted by Gasteiger charge is -2.40. The molecule has 154 valence electrons. The van der Waals surface area contributed by atoms with Crippen molar-refractivity contribution in [2.75, 3.05) is 31.6 Å². The second-order valence-corrected chi connectivity index (χ2v) is 7.27. The number of nitrogens with zero attached hydrogens (tertiary/aromatic N) is 2. The lowest BCUT2D eigenvalue weighted by Crippen LogP contribution is -2.55. The monoisotopic (exact) mass is 406 g/mol. The summed E-state index contributed by atoms with van der Waals surface area (Å²) in [5, 5.41) is 6.18. The Morgan fingerprint density at radius 1 is 1.38 bits per heavy atom. The predicted octanol–water partition coefficient (Wildman–Crippen LogP) is 3.52. The first-order valence-electron chi connectivity index (χ1n) is 9.39. The number of halogens is 3. The maximum Gasteiger partial charge on any atom is 0.417 e. The Hall–Kier alpha value is -2.81. The minimum absolute atomic E-state index is 0.228. The number of anilines is 2. The molecule has 2 aliphatic rings. The third kappa shape index (κ3) is 3.19. The van der Waals surface area contributed by atoms with Gasteiger partial charge in [0.05, 0.1) is 23.3 Å². The highest BCUT2D eigenvalue weighted by Crippen LogP contribution is 2.47. The molecule has 0 bridgehead atoms. The molecule has 29 heavy (non-hydrogen) atoms. The van der Waals surface area contributed by atoms with E-state index in [0.717, 1.165) is 6.07 Å². The zero-order valence-corrected chi connectivity index (χ0v) is 16.1. The van der Waals surface area contributed by atoms with Crippen LogP contribution < -0.4 is 15.4 Å². The average Bonchev–Trinajstić information content (AvgIpc) is 2.90. The fourth-order valence-corrected chi connectivity index (χ4v) is 4.05. The number of ether oxygens (including phenoxy) is 1. The Morgan fingerprint density at radius 3 is 2.90 bits per heavy atom. The van der Waals surface area contributed by atoms with E-state index in [1.165, 1.54) is 4.90 Å². The number of pyridine rings is 1. The predicted molar refractivity (Wildman–Crippen MR) is 101 cm³/mol. The normalized spacial score (nSPS) is 21.0. The van der Waals surface area contributed by atoms with Crippen molar-refractivity contribution in [1.29, 1.82) is 0 Å². The van der Waals surface area contributed by atoms with Gasteiger partial charge in [0.2, 0.25) is 5.88 Å². The summed E-state index contributed by atoms with van der Waals surface area (Å²) in [6.07, 6.45) is -3.11. The number of rotatable bonds is 4. The highest BCUT2D eigenvalue weighted by molar-refractivity contribution is 6.02. The second-order valence-electron chi connectivity index (χ2n) is 7.27. The topological polar surface area (TPSA) is 66.5 Å². The zero-order chi connectivity index (χ0) is 20.8. The molecule has 0 aliphatic carbocycles. The molecule has 1 amide bonds. The molecule has 0 spiro atoms. The third-order valence-electron chi connectivity index (χ3n) is 5.39. The fourth-order valence-electron chi connectivity index (χ4n) is 4.05. The van der Waals surface area contributed by atoms with Gasteiger partial charge in [-0.1, -0.05) is 0 Å². The molecule has 4 rings (SSSR count). The van der Waals surface area contributed by atoms with Gasteiger partial charge in [-0.2, -0.15) is 13.2 Å². The maximum atomic E-state index is 13.9. The highest BCUT2D eigenvalue weighted by atomic mass is 19.4. The number of amides is 1. The molecular formula is C20H21F3N4O2. The number of alkyl halides is 3. The summed E-state index contributed by atoms with van der Waals surface area (Å²) in [6.45, 7) is 5.27. The van der Waals surface area contributed by atoms with Crippen LogP contribution in [0.15, 0.2) is 30.5 Å². The van der Waals surface area contributed by atoms with Crippen LogP contribution in [0, 0.1) is 0 Å². The van der Waals surface area contributed by atoms with E-state index in [4.69, 9.17) is 4.74 Å². The fraction of sp³-hybridized carbons (Fsp3) is 0.400. The summed E-state index contributed by atoms with van der Waals surface area (Å²) in [6, 6.07) is 5.95. The first-order chi connectivity index (χ1) is 13.8. The van der Waals surface area contributed by atoms with Crippen molar-refractivity contribution in [2.24, 2.45) is 0 Å². The van der Waals surface area contributed by atoms with E-state index in [0.29, 0.717) is 43.4 Å². The van der Waals surface area contributed by atoms with Crippen molar-refractivity contribution >= 4 is 17.3 Å². The van der Waals surface area contributed by atoms with Crippen molar-refractivity contribution in [2.45, 2.75) is 25.6 Å². The van der Waals surface area contributed by atoms with Gasteiger partial charge in [0.25, 0.3) is 5.91 Å². The van der Waals surface area contributed by atoms with E-state index in [1.54, 1.807) is 38.2 Å². The van der Waals surface area contributed by atoms with Crippen LogP contribution >= 0.6 is 0 Å². The standard InChI is InChI=1S/C20H21F3N4O2/c1-3-29-17-15(5-4-6-25-17)26-12-9-13-16(14(10-12)20(21,22)23)18(28)27-8-7-24-11-19(13,27)2/h4-6,9-10,24,26H,3,7-8,11H2,1-2H3/t19-/m0/s1. The SMILES string of the molecule is CCOc1ncccc1Nc1cc(C(F)(F)F)c2c(c1)[C@]1(C)CNCCN1C2=O. The largest absolute Gasteiger partial charge is 0.476 e. The minimum atomic E-state index is -4.66. The van der Waals surface area contributed by atoms with E-state index in [9.17, 15) is 18.0 Å². The quantitative estimate of drug-likeness (QED) is 0.814. The molecule has 3 heterocycles. The van der Waals surface area contributed by atoms with E-state index in [2.05, 4.69) is 15.6 Å². The Morgan fingerprint density at radius 2 is 2.17 bits per heavy atom. The third-order valence-corrected chi connectivity index (χ3v) is 5.39. The molecule has 6 nitrogen and oxygen atoms in total. The van der Waals surface area contributed by atoms with Crippen LogP contribution in [0.5, 0.6) is 5.88 Å². The number of piperazine rings is 1. The summed E-state index contributed by atoms with van der Waals surface area (Å²) in [7, 11) is 0. The second kappa shape index (κ2) is 6.91. The smallest absolute Gasteiger partial charge is 0.417 e. The van der Waals surface area contributed by atoms with Gasteiger partial charge in [-0.05, 0) is 43.7 Å². The number of hydrogen-bond acceptors (Lipinski definition) is 5. The van der Waals surface area contributed by atoms with Crippen LogP contribution in [-0.4, -0.2) is 42.0 Å². The van der Waals surface area contributed by atoms with Gasteiger partial charge in [0, 0.05) is 31.5 Å². The van der Waals surface area contributed by atoms with Gasteiger partial charge in [-0.15, -0.1) is 0 Å². The van der Waals surface area contributed by atoms with E-state index >= 15 is 0 Å². The molecule has 1 atom stereocenters. The molecule has 2 aliphatic heterocycles. The highest BCUT2D eigenvalue weighted by Gasteiger charge is 2.51. The molecule has 1 aromatic carbocycles. The van der Waals surface area contributed by atoms with Crippen molar-refractivity contribution in [1.82, 2.24) is 15.2 Å². The number of hydrogen-bond donors (Lipinski definition) is 2. The van der Waals surface area contributed by atoms with E-state index < -0.39 is 23.2 Å². The summed E-state index contributed by atoms with van der Waals surface area (Å²) in [5.41, 5.74) is -0.971. The number of aromatic nitrogens is 1. The van der Waals surface area contributed by atoms with Gasteiger partial charge < -0.3 is 20.3 Å². The lowest BCUT2D eigenvalue weighted by atomic mass is 9.88. The summed E-state index contributed by atoms with van der Waals surface area (Å²) in [4.78, 5) is 18.5. The molecule has 9 heteroatoms. The van der Waals surface area contributed by atoms with Gasteiger partial charge in [0.1, 0.15) is 5.69 Å². The molecule has 2 aromatic rings. The number of nitrogens with one attached hydrogen (secondary N) is 2. The van der Waals surface area contributed by atoms with Crippen molar-refractivity contribution in [3.05, 3.63) is 47.2 Å². The molecule has 0 saturated carbocycles.